The molecule has 1 N–H and O–H groups in total. The van der Waals surface area contributed by atoms with Crippen molar-refractivity contribution < 1.29 is 0 Å². The van der Waals surface area contributed by atoms with Gasteiger partial charge in [-0.15, -0.1) is 11.3 Å². The smallest absolute Gasteiger partial charge is 0.185 e. The standard InChI is InChI=1S/C15H27N3S/c1-11(2)16-8-13-9-17-14(19-13)18-7-6-12(10-18)15(3,4)5/h9,11-12,16H,6-8,10H2,1-5H3. The molecule has 2 rings (SSSR count). The van der Waals surface area contributed by atoms with Gasteiger partial charge in [-0.05, 0) is 17.8 Å². The van der Waals surface area contributed by atoms with Crippen molar-refractivity contribution in [3.63, 3.8) is 0 Å². The predicted molar refractivity (Wildman–Crippen MR) is 83.9 cm³/mol. The monoisotopic (exact) mass is 281 g/mol. The number of rotatable bonds is 4. The van der Waals surface area contributed by atoms with Crippen molar-refractivity contribution in [1.29, 1.82) is 0 Å². The number of hydrogen-bond acceptors (Lipinski definition) is 4. The van der Waals surface area contributed by atoms with Crippen LogP contribution in [0.2, 0.25) is 0 Å². The number of aromatic nitrogens is 1. The number of thiazole rings is 1. The molecular weight excluding hydrogens is 254 g/mol. The summed E-state index contributed by atoms with van der Waals surface area (Å²) in [7, 11) is 0. The van der Waals surface area contributed by atoms with E-state index in [4.69, 9.17) is 0 Å². The zero-order valence-corrected chi connectivity index (χ0v) is 13.7. The summed E-state index contributed by atoms with van der Waals surface area (Å²) < 4.78 is 0. The topological polar surface area (TPSA) is 28.2 Å². The molecule has 4 heteroatoms. The van der Waals surface area contributed by atoms with Crippen LogP contribution in [0.4, 0.5) is 5.13 Å². The summed E-state index contributed by atoms with van der Waals surface area (Å²) in [4.78, 5) is 8.39. The molecule has 0 amide bonds. The predicted octanol–water partition coefficient (Wildman–Crippen LogP) is 3.51. The van der Waals surface area contributed by atoms with Crippen molar-refractivity contribution in [2.24, 2.45) is 11.3 Å². The highest BCUT2D eigenvalue weighted by molar-refractivity contribution is 7.15. The molecule has 1 fully saturated rings. The molecule has 0 aliphatic carbocycles. The first-order valence-corrected chi connectivity index (χ1v) is 8.11. The Morgan fingerprint density at radius 1 is 1.47 bits per heavy atom. The van der Waals surface area contributed by atoms with E-state index in [1.165, 1.54) is 16.4 Å². The number of hydrogen-bond donors (Lipinski definition) is 1. The van der Waals surface area contributed by atoms with Crippen LogP contribution in [0.5, 0.6) is 0 Å². The van der Waals surface area contributed by atoms with E-state index in [9.17, 15) is 0 Å². The fourth-order valence-corrected chi connectivity index (χ4v) is 3.37. The zero-order chi connectivity index (χ0) is 14.0. The lowest BCUT2D eigenvalue weighted by molar-refractivity contribution is 0.263. The molecule has 1 atom stereocenters. The molecule has 1 aliphatic heterocycles. The number of anilines is 1. The molecule has 2 heterocycles. The summed E-state index contributed by atoms with van der Waals surface area (Å²) in [5.41, 5.74) is 0.411. The van der Waals surface area contributed by atoms with E-state index in [-0.39, 0.29) is 0 Å². The van der Waals surface area contributed by atoms with Gasteiger partial charge in [0.05, 0.1) is 0 Å². The third-order valence-electron chi connectivity index (χ3n) is 3.91. The average Bonchev–Trinajstić information content (AvgIpc) is 2.94. The summed E-state index contributed by atoms with van der Waals surface area (Å²) in [6.07, 6.45) is 3.32. The lowest BCUT2D eigenvalue weighted by atomic mass is 9.80. The van der Waals surface area contributed by atoms with Gasteiger partial charge in [0.15, 0.2) is 5.13 Å². The molecule has 1 saturated heterocycles. The number of nitrogens with zero attached hydrogens (tertiary/aromatic N) is 2. The molecule has 1 aliphatic rings. The SMILES string of the molecule is CC(C)NCc1cnc(N2CCC(C(C)(C)C)C2)s1. The number of nitrogens with one attached hydrogen (secondary N) is 1. The van der Waals surface area contributed by atoms with Crippen molar-refractivity contribution in [2.75, 3.05) is 18.0 Å². The van der Waals surface area contributed by atoms with E-state index in [0.717, 1.165) is 25.6 Å². The molecule has 0 radical (unpaired) electrons. The molecule has 3 nitrogen and oxygen atoms in total. The quantitative estimate of drug-likeness (QED) is 0.915. The Kier molecular flexibility index (Phi) is 4.51. The molecular formula is C15H27N3S. The van der Waals surface area contributed by atoms with E-state index in [0.29, 0.717) is 11.5 Å². The molecule has 1 aromatic rings. The normalized spacial score (nSPS) is 20.5. The summed E-state index contributed by atoms with van der Waals surface area (Å²) in [6, 6.07) is 0.530. The van der Waals surface area contributed by atoms with Crippen LogP contribution >= 0.6 is 11.3 Å². The summed E-state index contributed by atoms with van der Waals surface area (Å²) in [6.45, 7) is 14.7. The van der Waals surface area contributed by atoms with Gasteiger partial charge in [0.25, 0.3) is 0 Å². The first kappa shape index (κ1) is 14.8. The minimum absolute atomic E-state index is 0.411. The Labute approximate surface area is 121 Å². The van der Waals surface area contributed by atoms with Crippen LogP contribution in [-0.2, 0) is 6.54 Å². The van der Waals surface area contributed by atoms with Crippen molar-refractivity contribution in [2.45, 2.75) is 53.6 Å². The van der Waals surface area contributed by atoms with Gasteiger partial charge < -0.3 is 10.2 Å². The van der Waals surface area contributed by atoms with E-state index in [2.05, 4.69) is 49.8 Å². The molecule has 1 aromatic heterocycles. The first-order chi connectivity index (χ1) is 8.86. The Hall–Kier alpha value is -0.610. The molecule has 0 bridgehead atoms. The fourth-order valence-electron chi connectivity index (χ4n) is 2.47. The van der Waals surface area contributed by atoms with Crippen LogP contribution in [0.15, 0.2) is 6.20 Å². The van der Waals surface area contributed by atoms with Gasteiger partial charge in [0, 0.05) is 36.8 Å². The highest BCUT2D eigenvalue weighted by Gasteiger charge is 2.32. The van der Waals surface area contributed by atoms with Gasteiger partial charge in [-0.25, -0.2) is 4.98 Å². The Morgan fingerprint density at radius 3 is 2.79 bits per heavy atom. The second-order valence-electron chi connectivity index (χ2n) is 6.94. The molecule has 0 saturated carbocycles. The molecule has 1 unspecified atom stereocenters. The third kappa shape index (κ3) is 3.93. The van der Waals surface area contributed by atoms with Gasteiger partial charge in [-0.3, -0.25) is 0 Å². The van der Waals surface area contributed by atoms with E-state index in [1.807, 2.05) is 17.5 Å². The molecule has 19 heavy (non-hydrogen) atoms. The second-order valence-corrected chi connectivity index (χ2v) is 8.04. The first-order valence-electron chi connectivity index (χ1n) is 7.29. The highest BCUT2D eigenvalue weighted by Crippen LogP contribution is 2.36. The van der Waals surface area contributed by atoms with E-state index in [1.54, 1.807) is 0 Å². The maximum absolute atomic E-state index is 4.60. The van der Waals surface area contributed by atoms with Crippen LogP contribution in [0, 0.1) is 11.3 Å². The second kappa shape index (κ2) is 5.80. The van der Waals surface area contributed by atoms with Crippen molar-refractivity contribution in [3.05, 3.63) is 11.1 Å². The van der Waals surface area contributed by atoms with Crippen LogP contribution in [0.3, 0.4) is 0 Å². The van der Waals surface area contributed by atoms with Crippen molar-refractivity contribution in [3.8, 4) is 0 Å². The lowest BCUT2D eigenvalue weighted by Gasteiger charge is -2.26. The molecule has 108 valence electrons. The van der Waals surface area contributed by atoms with E-state index < -0.39 is 0 Å². The largest absolute Gasteiger partial charge is 0.348 e. The van der Waals surface area contributed by atoms with Gasteiger partial charge >= 0.3 is 0 Å². The summed E-state index contributed by atoms with van der Waals surface area (Å²) in [5, 5.41) is 4.65. The van der Waals surface area contributed by atoms with Gasteiger partial charge in [0.2, 0.25) is 0 Å². The minimum atomic E-state index is 0.411. The van der Waals surface area contributed by atoms with Crippen LogP contribution in [0.25, 0.3) is 0 Å². The summed E-state index contributed by atoms with van der Waals surface area (Å²) >= 11 is 1.84. The lowest BCUT2D eigenvalue weighted by Crippen LogP contribution is -2.25. The van der Waals surface area contributed by atoms with Crippen molar-refractivity contribution >= 4 is 16.5 Å². The Balaban J connectivity index is 1.93. The van der Waals surface area contributed by atoms with Crippen LogP contribution in [-0.4, -0.2) is 24.1 Å². The Morgan fingerprint density at radius 2 is 2.21 bits per heavy atom. The average molecular weight is 281 g/mol. The molecule has 0 aromatic carbocycles. The minimum Gasteiger partial charge on any atom is -0.348 e. The Bertz CT molecular complexity index is 406. The maximum atomic E-state index is 4.60. The fraction of sp³-hybridized carbons (Fsp3) is 0.800. The maximum Gasteiger partial charge on any atom is 0.185 e. The third-order valence-corrected chi connectivity index (χ3v) is 4.97. The zero-order valence-electron chi connectivity index (χ0n) is 12.9. The summed E-state index contributed by atoms with van der Waals surface area (Å²) in [5.74, 6) is 0.786. The van der Waals surface area contributed by atoms with Gasteiger partial charge in [0.1, 0.15) is 0 Å². The van der Waals surface area contributed by atoms with Crippen LogP contribution in [0.1, 0.15) is 45.9 Å². The van der Waals surface area contributed by atoms with Crippen molar-refractivity contribution in [1.82, 2.24) is 10.3 Å². The van der Waals surface area contributed by atoms with E-state index >= 15 is 0 Å². The van der Waals surface area contributed by atoms with Gasteiger partial charge in [-0.2, -0.15) is 0 Å². The highest BCUT2D eigenvalue weighted by atomic mass is 32.1. The van der Waals surface area contributed by atoms with Crippen LogP contribution < -0.4 is 10.2 Å². The molecule has 0 spiro atoms. The van der Waals surface area contributed by atoms with Gasteiger partial charge in [-0.1, -0.05) is 34.6 Å².